The van der Waals surface area contributed by atoms with Crippen molar-refractivity contribution in [1.82, 2.24) is 10.2 Å². The van der Waals surface area contributed by atoms with Gasteiger partial charge in [0, 0.05) is 6.54 Å². The molecule has 0 bridgehead atoms. The summed E-state index contributed by atoms with van der Waals surface area (Å²) in [5.74, 6) is -1.52. The molecule has 0 aliphatic rings. The molecule has 13 heavy (non-hydrogen) atoms. The van der Waals surface area contributed by atoms with E-state index in [1.807, 2.05) is 19.0 Å². The molecular weight excluding hydrogens is 172 g/mol. The number of carbonyl (C=O) groups excluding carboxylic acids is 1. The van der Waals surface area contributed by atoms with E-state index in [9.17, 15) is 9.59 Å². The molecule has 0 aliphatic heterocycles. The molecule has 2 N–H and O–H groups in total. The van der Waals surface area contributed by atoms with Gasteiger partial charge >= 0.3 is 5.97 Å². The van der Waals surface area contributed by atoms with Gasteiger partial charge in [-0.25, -0.2) is 0 Å². The Hall–Kier alpha value is -1.10. The van der Waals surface area contributed by atoms with Crippen LogP contribution >= 0.6 is 0 Å². The van der Waals surface area contributed by atoms with Crippen LogP contribution in [-0.4, -0.2) is 49.1 Å². The number of hydrogen-bond acceptors (Lipinski definition) is 3. The highest BCUT2D eigenvalue weighted by atomic mass is 16.4. The summed E-state index contributed by atoms with van der Waals surface area (Å²) in [7, 11) is 3.89. The number of nitrogens with zero attached hydrogens (tertiary/aromatic N) is 1. The van der Waals surface area contributed by atoms with E-state index in [0.29, 0.717) is 6.54 Å². The van der Waals surface area contributed by atoms with Crippen LogP contribution in [0.1, 0.15) is 12.8 Å². The Labute approximate surface area is 77.7 Å². The van der Waals surface area contributed by atoms with Crippen LogP contribution in [-0.2, 0) is 9.59 Å². The Morgan fingerprint density at radius 2 is 2.00 bits per heavy atom. The third-order valence-corrected chi connectivity index (χ3v) is 1.42. The van der Waals surface area contributed by atoms with Gasteiger partial charge in [0.1, 0.15) is 6.42 Å². The van der Waals surface area contributed by atoms with Gasteiger partial charge in [-0.15, -0.1) is 0 Å². The molecule has 0 saturated carbocycles. The highest BCUT2D eigenvalue weighted by molar-refractivity contribution is 5.93. The molecule has 5 heteroatoms. The summed E-state index contributed by atoms with van der Waals surface area (Å²) in [5.41, 5.74) is 0. The maximum Gasteiger partial charge on any atom is 0.312 e. The maximum atomic E-state index is 10.8. The minimum atomic E-state index is -1.09. The molecule has 0 rings (SSSR count). The van der Waals surface area contributed by atoms with Gasteiger partial charge in [-0.3, -0.25) is 9.59 Å². The minimum Gasteiger partial charge on any atom is -0.481 e. The van der Waals surface area contributed by atoms with Crippen molar-refractivity contribution in [2.45, 2.75) is 12.8 Å². The van der Waals surface area contributed by atoms with Crippen molar-refractivity contribution >= 4 is 11.9 Å². The Morgan fingerprint density at radius 3 is 2.46 bits per heavy atom. The van der Waals surface area contributed by atoms with Crippen LogP contribution in [0.4, 0.5) is 0 Å². The smallest absolute Gasteiger partial charge is 0.312 e. The van der Waals surface area contributed by atoms with Crippen molar-refractivity contribution in [1.29, 1.82) is 0 Å². The quantitative estimate of drug-likeness (QED) is 0.436. The monoisotopic (exact) mass is 188 g/mol. The van der Waals surface area contributed by atoms with Crippen molar-refractivity contribution in [2.24, 2.45) is 0 Å². The molecule has 5 nitrogen and oxygen atoms in total. The molecule has 0 spiro atoms. The summed E-state index contributed by atoms with van der Waals surface area (Å²) >= 11 is 0. The Kier molecular flexibility index (Phi) is 5.88. The molecule has 0 aromatic carbocycles. The van der Waals surface area contributed by atoms with Gasteiger partial charge in [0.25, 0.3) is 0 Å². The van der Waals surface area contributed by atoms with E-state index in [1.54, 1.807) is 0 Å². The number of amides is 1. The molecule has 0 aromatic rings. The van der Waals surface area contributed by atoms with Gasteiger partial charge in [-0.2, -0.15) is 0 Å². The van der Waals surface area contributed by atoms with Gasteiger partial charge in [0.15, 0.2) is 0 Å². The zero-order valence-electron chi connectivity index (χ0n) is 8.04. The predicted molar refractivity (Wildman–Crippen MR) is 48.4 cm³/mol. The number of carboxylic acids is 1. The van der Waals surface area contributed by atoms with Crippen LogP contribution < -0.4 is 5.32 Å². The first kappa shape index (κ1) is 11.9. The summed E-state index contributed by atoms with van der Waals surface area (Å²) in [6.45, 7) is 1.41. The lowest BCUT2D eigenvalue weighted by Gasteiger charge is -2.09. The second kappa shape index (κ2) is 6.42. The van der Waals surface area contributed by atoms with E-state index in [-0.39, 0.29) is 0 Å². The van der Waals surface area contributed by atoms with Crippen molar-refractivity contribution in [2.75, 3.05) is 27.2 Å². The normalized spacial score (nSPS) is 10.1. The zero-order valence-corrected chi connectivity index (χ0v) is 8.04. The Bertz CT molecular complexity index is 180. The highest BCUT2D eigenvalue weighted by Crippen LogP contribution is 1.83. The second-order valence-electron chi connectivity index (χ2n) is 3.08. The van der Waals surface area contributed by atoms with E-state index < -0.39 is 18.3 Å². The molecule has 0 aliphatic carbocycles. The number of aliphatic carboxylic acids is 1. The summed E-state index contributed by atoms with van der Waals surface area (Å²) in [4.78, 5) is 22.9. The molecule has 1 amide bonds. The fraction of sp³-hybridized carbons (Fsp3) is 0.750. The van der Waals surface area contributed by atoms with Crippen LogP contribution in [0.5, 0.6) is 0 Å². The lowest BCUT2D eigenvalue weighted by molar-refractivity contribution is -0.140. The summed E-state index contributed by atoms with van der Waals surface area (Å²) in [6.07, 6.45) is 0.389. The molecular formula is C8H16N2O3. The van der Waals surface area contributed by atoms with Gasteiger partial charge in [-0.05, 0) is 27.1 Å². The Balaban J connectivity index is 3.32. The van der Waals surface area contributed by atoms with E-state index in [4.69, 9.17) is 5.11 Å². The highest BCUT2D eigenvalue weighted by Gasteiger charge is 2.05. The lowest BCUT2D eigenvalue weighted by Crippen LogP contribution is -2.28. The largest absolute Gasteiger partial charge is 0.481 e. The van der Waals surface area contributed by atoms with Crippen LogP contribution in [0.15, 0.2) is 0 Å². The van der Waals surface area contributed by atoms with Crippen LogP contribution in [0.25, 0.3) is 0 Å². The van der Waals surface area contributed by atoms with Crippen molar-refractivity contribution in [3.05, 3.63) is 0 Å². The number of nitrogens with one attached hydrogen (secondary N) is 1. The van der Waals surface area contributed by atoms with Crippen molar-refractivity contribution in [3.8, 4) is 0 Å². The number of carboxylic acid groups (broad SMARTS) is 1. The van der Waals surface area contributed by atoms with Gasteiger partial charge in [0.2, 0.25) is 5.91 Å². The van der Waals surface area contributed by atoms with Crippen molar-refractivity contribution < 1.29 is 14.7 Å². The van der Waals surface area contributed by atoms with E-state index >= 15 is 0 Å². The first-order chi connectivity index (χ1) is 6.02. The number of carbonyl (C=O) groups is 2. The minimum absolute atomic E-state index is 0.425. The lowest BCUT2D eigenvalue weighted by atomic mass is 10.3. The SMILES string of the molecule is CN(C)CCCNC(=O)CC(=O)O. The number of rotatable bonds is 6. The first-order valence-electron chi connectivity index (χ1n) is 4.15. The molecule has 0 aromatic heterocycles. The second-order valence-corrected chi connectivity index (χ2v) is 3.08. The molecule has 0 unspecified atom stereocenters. The molecule has 0 saturated heterocycles. The van der Waals surface area contributed by atoms with Gasteiger partial charge in [0.05, 0.1) is 0 Å². The van der Waals surface area contributed by atoms with E-state index in [1.165, 1.54) is 0 Å². The summed E-state index contributed by atoms with van der Waals surface area (Å²) in [6, 6.07) is 0. The summed E-state index contributed by atoms with van der Waals surface area (Å²) < 4.78 is 0. The summed E-state index contributed by atoms with van der Waals surface area (Å²) in [5, 5.41) is 10.8. The van der Waals surface area contributed by atoms with Crippen LogP contribution in [0.3, 0.4) is 0 Å². The fourth-order valence-corrected chi connectivity index (χ4v) is 0.823. The number of hydrogen-bond donors (Lipinski definition) is 2. The predicted octanol–water partition coefficient (Wildman–Crippen LogP) is -0.471. The fourth-order valence-electron chi connectivity index (χ4n) is 0.823. The third kappa shape index (κ3) is 8.81. The van der Waals surface area contributed by atoms with E-state index in [2.05, 4.69) is 5.32 Å². The topological polar surface area (TPSA) is 69.6 Å². The van der Waals surface area contributed by atoms with Crippen LogP contribution in [0, 0.1) is 0 Å². The zero-order chi connectivity index (χ0) is 10.3. The molecule has 0 heterocycles. The maximum absolute atomic E-state index is 10.8. The molecule has 0 radical (unpaired) electrons. The molecule has 0 fully saturated rings. The van der Waals surface area contributed by atoms with Gasteiger partial charge in [-0.1, -0.05) is 0 Å². The third-order valence-electron chi connectivity index (χ3n) is 1.42. The molecule has 76 valence electrons. The van der Waals surface area contributed by atoms with Crippen molar-refractivity contribution in [3.63, 3.8) is 0 Å². The average molecular weight is 188 g/mol. The average Bonchev–Trinajstić information content (AvgIpc) is 1.96. The Morgan fingerprint density at radius 1 is 1.38 bits per heavy atom. The van der Waals surface area contributed by atoms with Gasteiger partial charge < -0.3 is 15.3 Å². The molecule has 0 atom stereocenters. The first-order valence-corrected chi connectivity index (χ1v) is 4.15. The van der Waals surface area contributed by atoms with E-state index in [0.717, 1.165) is 13.0 Å². The van der Waals surface area contributed by atoms with Crippen LogP contribution in [0.2, 0.25) is 0 Å². The standard InChI is InChI=1S/C8H16N2O3/c1-10(2)5-3-4-9-7(11)6-8(12)13/h3-6H2,1-2H3,(H,9,11)(H,12,13).